The van der Waals surface area contributed by atoms with Gasteiger partial charge in [-0.2, -0.15) is 0 Å². The number of rotatable bonds is 6. The van der Waals surface area contributed by atoms with Crippen molar-refractivity contribution >= 4 is 17.3 Å². The van der Waals surface area contributed by atoms with E-state index >= 15 is 0 Å². The summed E-state index contributed by atoms with van der Waals surface area (Å²) in [6.07, 6.45) is 2.74. The molecule has 0 aromatic carbocycles. The van der Waals surface area contributed by atoms with Crippen molar-refractivity contribution < 1.29 is 4.42 Å². The van der Waals surface area contributed by atoms with Crippen LogP contribution in [0.15, 0.2) is 22.8 Å². The maximum atomic E-state index is 5.18. The molecule has 0 atom stereocenters. The molecule has 0 saturated carbocycles. The zero-order valence-corrected chi connectivity index (χ0v) is 10.6. The van der Waals surface area contributed by atoms with Crippen molar-refractivity contribution in [1.29, 1.82) is 0 Å². The van der Waals surface area contributed by atoms with Gasteiger partial charge in [-0.05, 0) is 51.4 Å². The van der Waals surface area contributed by atoms with Gasteiger partial charge in [0.25, 0.3) is 0 Å². The Kier molecular flexibility index (Phi) is 5.88. The molecule has 16 heavy (non-hydrogen) atoms. The van der Waals surface area contributed by atoms with Crippen LogP contribution in [0.5, 0.6) is 0 Å². The summed E-state index contributed by atoms with van der Waals surface area (Å²) < 4.78 is 5.18. The maximum Gasteiger partial charge on any atom is 0.166 e. The van der Waals surface area contributed by atoms with Gasteiger partial charge in [0.05, 0.1) is 12.8 Å². The minimum absolute atomic E-state index is 0.631. The summed E-state index contributed by atoms with van der Waals surface area (Å²) in [5, 5.41) is 6.91. The van der Waals surface area contributed by atoms with Crippen LogP contribution < -0.4 is 10.6 Å². The molecule has 0 spiro atoms. The number of hydrogen-bond donors (Lipinski definition) is 2. The predicted molar refractivity (Wildman–Crippen MR) is 69.3 cm³/mol. The highest BCUT2D eigenvalue weighted by atomic mass is 32.1. The van der Waals surface area contributed by atoms with Crippen LogP contribution in [-0.2, 0) is 6.54 Å². The van der Waals surface area contributed by atoms with E-state index in [1.54, 1.807) is 6.26 Å². The largest absolute Gasteiger partial charge is 0.467 e. The number of hydrogen-bond acceptors (Lipinski definition) is 3. The lowest BCUT2D eigenvalue weighted by Crippen LogP contribution is -2.36. The first kappa shape index (κ1) is 13.0. The van der Waals surface area contributed by atoms with Gasteiger partial charge < -0.3 is 20.0 Å². The topological polar surface area (TPSA) is 40.4 Å². The summed E-state index contributed by atoms with van der Waals surface area (Å²) in [6, 6.07) is 3.78. The second kappa shape index (κ2) is 7.24. The van der Waals surface area contributed by atoms with E-state index in [2.05, 4.69) is 29.6 Å². The van der Waals surface area contributed by atoms with Crippen LogP contribution in [0.2, 0.25) is 0 Å². The van der Waals surface area contributed by atoms with Crippen LogP contribution in [0.4, 0.5) is 0 Å². The van der Waals surface area contributed by atoms with Crippen molar-refractivity contribution in [1.82, 2.24) is 15.5 Å². The Morgan fingerprint density at radius 3 is 2.88 bits per heavy atom. The first-order valence-electron chi connectivity index (χ1n) is 5.37. The molecule has 0 aliphatic heterocycles. The lowest BCUT2D eigenvalue weighted by atomic mass is 10.4. The van der Waals surface area contributed by atoms with Gasteiger partial charge in [-0.15, -0.1) is 0 Å². The molecule has 1 heterocycles. The third-order valence-electron chi connectivity index (χ3n) is 2.07. The summed E-state index contributed by atoms with van der Waals surface area (Å²) in [5.41, 5.74) is 0. The molecule has 0 fully saturated rings. The molecule has 1 rings (SSSR count). The molecule has 0 saturated heterocycles. The van der Waals surface area contributed by atoms with E-state index in [1.165, 1.54) is 0 Å². The summed E-state index contributed by atoms with van der Waals surface area (Å²) in [5.74, 6) is 0.887. The second-order valence-electron chi connectivity index (χ2n) is 3.85. The van der Waals surface area contributed by atoms with Gasteiger partial charge in [0.15, 0.2) is 5.11 Å². The van der Waals surface area contributed by atoms with Gasteiger partial charge in [-0.1, -0.05) is 0 Å². The highest BCUT2D eigenvalue weighted by molar-refractivity contribution is 7.80. The molecule has 1 aromatic rings. The van der Waals surface area contributed by atoms with Crippen molar-refractivity contribution in [2.45, 2.75) is 13.0 Å². The Bertz CT molecular complexity index is 298. The number of thiocarbonyl (C=S) groups is 1. The van der Waals surface area contributed by atoms with Crippen LogP contribution in [0.1, 0.15) is 12.2 Å². The molecule has 0 radical (unpaired) electrons. The predicted octanol–water partition coefficient (Wildman–Crippen LogP) is 1.20. The van der Waals surface area contributed by atoms with Crippen molar-refractivity contribution in [2.24, 2.45) is 0 Å². The normalized spacial score (nSPS) is 10.4. The van der Waals surface area contributed by atoms with Gasteiger partial charge >= 0.3 is 0 Å². The third kappa shape index (κ3) is 5.72. The summed E-state index contributed by atoms with van der Waals surface area (Å²) in [7, 11) is 4.13. The van der Waals surface area contributed by atoms with Crippen molar-refractivity contribution in [3.05, 3.63) is 24.2 Å². The van der Waals surface area contributed by atoms with Crippen LogP contribution in [-0.4, -0.2) is 37.2 Å². The molecular formula is C11H19N3OS. The van der Waals surface area contributed by atoms with Gasteiger partial charge in [0.1, 0.15) is 5.76 Å². The number of nitrogens with zero attached hydrogens (tertiary/aromatic N) is 1. The molecule has 2 N–H and O–H groups in total. The van der Waals surface area contributed by atoms with E-state index in [9.17, 15) is 0 Å². The molecule has 0 amide bonds. The van der Waals surface area contributed by atoms with Crippen LogP contribution in [0.3, 0.4) is 0 Å². The monoisotopic (exact) mass is 241 g/mol. The zero-order valence-electron chi connectivity index (χ0n) is 9.82. The molecule has 5 heteroatoms. The van der Waals surface area contributed by atoms with Crippen LogP contribution in [0, 0.1) is 0 Å². The van der Waals surface area contributed by atoms with E-state index in [0.717, 1.165) is 25.3 Å². The fourth-order valence-electron chi connectivity index (χ4n) is 1.24. The molecule has 90 valence electrons. The molecule has 4 nitrogen and oxygen atoms in total. The Balaban J connectivity index is 2.03. The van der Waals surface area contributed by atoms with Crippen LogP contribution in [0.25, 0.3) is 0 Å². The first-order valence-corrected chi connectivity index (χ1v) is 5.78. The Morgan fingerprint density at radius 1 is 1.44 bits per heavy atom. The van der Waals surface area contributed by atoms with Crippen molar-refractivity contribution in [3.63, 3.8) is 0 Å². The molecule has 0 aliphatic rings. The van der Waals surface area contributed by atoms with Crippen molar-refractivity contribution in [2.75, 3.05) is 27.2 Å². The minimum atomic E-state index is 0.631. The maximum absolute atomic E-state index is 5.18. The van der Waals surface area contributed by atoms with Gasteiger partial charge in [0.2, 0.25) is 0 Å². The van der Waals surface area contributed by atoms with E-state index < -0.39 is 0 Å². The molecule has 0 aliphatic carbocycles. The number of nitrogens with one attached hydrogen (secondary N) is 2. The summed E-state index contributed by atoms with van der Waals surface area (Å²) in [4.78, 5) is 2.15. The Morgan fingerprint density at radius 2 is 2.25 bits per heavy atom. The lowest BCUT2D eigenvalue weighted by molar-refractivity contribution is 0.400. The van der Waals surface area contributed by atoms with Gasteiger partial charge in [-0.3, -0.25) is 0 Å². The first-order chi connectivity index (χ1) is 7.68. The van der Waals surface area contributed by atoms with Crippen LogP contribution >= 0.6 is 12.2 Å². The fourth-order valence-corrected chi connectivity index (χ4v) is 1.41. The van der Waals surface area contributed by atoms with Gasteiger partial charge in [-0.25, -0.2) is 0 Å². The molecule has 1 aromatic heterocycles. The highest BCUT2D eigenvalue weighted by Gasteiger charge is 1.98. The van der Waals surface area contributed by atoms with Gasteiger partial charge in [0, 0.05) is 6.54 Å². The average Bonchev–Trinajstić information content (AvgIpc) is 2.74. The summed E-state index contributed by atoms with van der Waals surface area (Å²) in [6.45, 7) is 2.59. The zero-order chi connectivity index (χ0) is 11.8. The van der Waals surface area contributed by atoms with E-state index in [1.807, 2.05) is 12.1 Å². The average molecular weight is 241 g/mol. The molecule has 0 unspecified atom stereocenters. The fraction of sp³-hybridized carbons (Fsp3) is 0.545. The third-order valence-corrected chi connectivity index (χ3v) is 2.36. The highest BCUT2D eigenvalue weighted by Crippen LogP contribution is 1.97. The van der Waals surface area contributed by atoms with E-state index in [0.29, 0.717) is 11.7 Å². The Hall–Kier alpha value is -1.07. The second-order valence-corrected chi connectivity index (χ2v) is 4.25. The quantitative estimate of drug-likeness (QED) is 0.578. The van der Waals surface area contributed by atoms with E-state index in [-0.39, 0.29) is 0 Å². The van der Waals surface area contributed by atoms with Crippen molar-refractivity contribution in [3.8, 4) is 0 Å². The number of furan rings is 1. The van der Waals surface area contributed by atoms with E-state index in [4.69, 9.17) is 16.6 Å². The Labute approximate surface area is 102 Å². The summed E-state index contributed by atoms with van der Waals surface area (Å²) >= 11 is 5.13. The standard InChI is InChI=1S/C11H19N3OS/c1-14(2)7-4-6-12-11(16)13-9-10-5-3-8-15-10/h3,5,8H,4,6-7,9H2,1-2H3,(H2,12,13,16). The molecule has 0 bridgehead atoms. The lowest BCUT2D eigenvalue weighted by Gasteiger charge is -2.11. The minimum Gasteiger partial charge on any atom is -0.467 e. The SMILES string of the molecule is CN(C)CCCNC(=S)NCc1ccco1. The molecular weight excluding hydrogens is 222 g/mol. The smallest absolute Gasteiger partial charge is 0.166 e.